The molecular formula is C11H11ClOS. The Bertz CT molecular complexity index is 344. The first-order valence-electron chi connectivity index (χ1n) is 4.29. The minimum Gasteiger partial charge on any atom is -0.480 e. The Balaban J connectivity index is 2.88. The van der Waals surface area contributed by atoms with Gasteiger partial charge in [-0.3, -0.25) is 0 Å². The molecule has 0 amide bonds. The molecule has 1 aromatic rings. The van der Waals surface area contributed by atoms with Crippen LogP contribution in [0, 0.1) is 12.3 Å². The van der Waals surface area contributed by atoms with Crippen molar-refractivity contribution < 1.29 is 4.74 Å². The van der Waals surface area contributed by atoms with Crippen LogP contribution in [-0.4, -0.2) is 6.61 Å². The highest BCUT2D eigenvalue weighted by Gasteiger charge is 2.03. The van der Waals surface area contributed by atoms with Gasteiger partial charge in [0, 0.05) is 0 Å². The van der Waals surface area contributed by atoms with Crippen molar-refractivity contribution in [2.45, 2.75) is 18.2 Å². The van der Waals surface area contributed by atoms with Gasteiger partial charge < -0.3 is 4.74 Å². The van der Waals surface area contributed by atoms with Crippen LogP contribution in [0.2, 0.25) is 0 Å². The number of rotatable bonds is 4. The van der Waals surface area contributed by atoms with Gasteiger partial charge in [-0.15, -0.1) is 6.42 Å². The number of ether oxygens (including phenoxy) is 1. The monoisotopic (exact) mass is 226 g/mol. The Labute approximate surface area is 93.3 Å². The van der Waals surface area contributed by atoms with E-state index in [1.807, 2.05) is 18.2 Å². The zero-order valence-electron chi connectivity index (χ0n) is 7.92. The van der Waals surface area contributed by atoms with Gasteiger partial charge in [0.15, 0.2) is 0 Å². The lowest BCUT2D eigenvalue weighted by atomic mass is 10.2. The van der Waals surface area contributed by atoms with Crippen LogP contribution in [0.1, 0.15) is 12.5 Å². The summed E-state index contributed by atoms with van der Waals surface area (Å²) in [4.78, 5) is 0.918. The summed E-state index contributed by atoms with van der Waals surface area (Å²) in [7, 11) is 6.88. The van der Waals surface area contributed by atoms with E-state index in [0.717, 1.165) is 28.0 Å². The molecule has 0 heterocycles. The summed E-state index contributed by atoms with van der Waals surface area (Å²) in [5.41, 5.74) is 1.24. The van der Waals surface area contributed by atoms with Crippen molar-refractivity contribution >= 4 is 21.7 Å². The summed E-state index contributed by atoms with van der Waals surface area (Å²) in [6.45, 7) is 2.37. The van der Waals surface area contributed by atoms with E-state index in [1.165, 1.54) is 5.56 Å². The van der Waals surface area contributed by atoms with Gasteiger partial charge in [0.05, 0.1) is 4.90 Å². The van der Waals surface area contributed by atoms with Gasteiger partial charge in [-0.1, -0.05) is 18.9 Å². The molecule has 0 aromatic heterocycles. The molecule has 0 saturated carbocycles. The second-order valence-electron chi connectivity index (χ2n) is 2.70. The molecule has 0 radical (unpaired) electrons. The minimum atomic E-state index is 0.274. The fourth-order valence-electron chi connectivity index (χ4n) is 1.07. The minimum absolute atomic E-state index is 0.274. The summed E-state index contributed by atoms with van der Waals surface area (Å²) < 4.78 is 5.34. The second kappa shape index (κ2) is 5.85. The zero-order valence-corrected chi connectivity index (χ0v) is 9.49. The molecular weight excluding hydrogens is 216 g/mol. The molecule has 0 bridgehead atoms. The molecule has 0 saturated heterocycles. The van der Waals surface area contributed by atoms with Crippen LogP contribution in [0.3, 0.4) is 0 Å². The normalized spacial score (nSPS) is 9.50. The predicted molar refractivity (Wildman–Crippen MR) is 61.9 cm³/mol. The quantitative estimate of drug-likeness (QED) is 0.727. The van der Waals surface area contributed by atoms with Crippen molar-refractivity contribution in [2.75, 3.05) is 6.61 Å². The van der Waals surface area contributed by atoms with Gasteiger partial charge in [-0.2, -0.15) is 0 Å². The smallest absolute Gasteiger partial charge is 0.148 e. The molecule has 14 heavy (non-hydrogen) atoms. The third-order valence-electron chi connectivity index (χ3n) is 1.81. The van der Waals surface area contributed by atoms with E-state index in [2.05, 4.69) is 12.8 Å². The molecule has 0 fully saturated rings. The van der Waals surface area contributed by atoms with E-state index in [4.69, 9.17) is 21.8 Å². The van der Waals surface area contributed by atoms with E-state index >= 15 is 0 Å². The van der Waals surface area contributed by atoms with E-state index in [9.17, 15) is 0 Å². The number of terminal acetylenes is 1. The lowest BCUT2D eigenvalue weighted by molar-refractivity contribution is 0.361. The largest absolute Gasteiger partial charge is 0.480 e. The van der Waals surface area contributed by atoms with E-state index in [0.29, 0.717) is 0 Å². The number of hydrogen-bond donors (Lipinski definition) is 0. The molecule has 1 rings (SSSR count). The van der Waals surface area contributed by atoms with Crippen LogP contribution in [0.15, 0.2) is 23.1 Å². The first-order chi connectivity index (χ1) is 6.81. The zero-order chi connectivity index (χ0) is 10.4. The van der Waals surface area contributed by atoms with Gasteiger partial charge in [0.25, 0.3) is 0 Å². The van der Waals surface area contributed by atoms with Gasteiger partial charge in [0.2, 0.25) is 0 Å². The first kappa shape index (κ1) is 11.3. The maximum Gasteiger partial charge on any atom is 0.148 e. The maximum atomic E-state index is 5.72. The lowest BCUT2D eigenvalue weighted by Crippen LogP contribution is -1.95. The summed E-state index contributed by atoms with van der Waals surface area (Å²) in [5.74, 6) is 3.17. The molecule has 3 heteroatoms. The van der Waals surface area contributed by atoms with E-state index in [-0.39, 0.29) is 6.61 Å². The summed E-state index contributed by atoms with van der Waals surface area (Å²) in [6, 6.07) is 5.94. The summed E-state index contributed by atoms with van der Waals surface area (Å²) in [6.07, 6.45) is 6.10. The lowest BCUT2D eigenvalue weighted by Gasteiger charge is -2.07. The average Bonchev–Trinajstić information content (AvgIpc) is 2.26. The Morgan fingerprint density at radius 2 is 2.36 bits per heavy atom. The Morgan fingerprint density at radius 3 is 2.93 bits per heavy atom. The molecule has 1 nitrogen and oxygen atoms in total. The van der Waals surface area contributed by atoms with E-state index < -0.39 is 0 Å². The van der Waals surface area contributed by atoms with Crippen molar-refractivity contribution in [3.63, 3.8) is 0 Å². The molecule has 0 spiro atoms. The Hall–Kier alpha value is -0.780. The topological polar surface area (TPSA) is 9.23 Å². The maximum absolute atomic E-state index is 5.72. The predicted octanol–water partition coefficient (Wildman–Crippen LogP) is 3.51. The fourth-order valence-corrected chi connectivity index (χ4v) is 1.83. The number of halogens is 1. The summed E-state index contributed by atoms with van der Waals surface area (Å²) in [5, 5.41) is 0. The van der Waals surface area contributed by atoms with Crippen LogP contribution in [-0.2, 0) is 6.42 Å². The molecule has 0 unspecified atom stereocenters. The van der Waals surface area contributed by atoms with Crippen LogP contribution >= 0.6 is 21.7 Å². The highest BCUT2D eigenvalue weighted by Crippen LogP contribution is 2.32. The van der Waals surface area contributed by atoms with Gasteiger partial charge >= 0.3 is 0 Å². The Morgan fingerprint density at radius 1 is 1.57 bits per heavy atom. The van der Waals surface area contributed by atoms with Crippen molar-refractivity contribution in [3.05, 3.63) is 23.8 Å². The van der Waals surface area contributed by atoms with Crippen molar-refractivity contribution in [2.24, 2.45) is 0 Å². The highest BCUT2D eigenvalue weighted by molar-refractivity contribution is 8.21. The molecule has 0 aliphatic rings. The van der Waals surface area contributed by atoms with Crippen LogP contribution < -0.4 is 4.74 Å². The number of aryl methyl sites for hydroxylation is 1. The third kappa shape index (κ3) is 2.87. The van der Waals surface area contributed by atoms with Gasteiger partial charge in [-0.05, 0) is 45.8 Å². The standard InChI is InChI=1S/C11H11ClOS/c1-3-7-13-10-6-5-9(4-2)8-11(10)14-12/h1,5-6,8H,4,7H2,2H3. The molecule has 74 valence electrons. The molecule has 0 N–H and O–H groups in total. The van der Waals surface area contributed by atoms with Crippen molar-refractivity contribution in [1.29, 1.82) is 0 Å². The average molecular weight is 227 g/mol. The second-order valence-corrected chi connectivity index (χ2v) is 3.76. The number of hydrogen-bond acceptors (Lipinski definition) is 2. The molecule has 0 atom stereocenters. The van der Waals surface area contributed by atoms with E-state index in [1.54, 1.807) is 0 Å². The molecule has 0 aliphatic heterocycles. The third-order valence-corrected chi connectivity index (χ3v) is 2.79. The summed E-state index contributed by atoms with van der Waals surface area (Å²) >= 11 is 0. The fraction of sp³-hybridized carbons (Fsp3) is 0.273. The first-order valence-corrected chi connectivity index (χ1v) is 5.93. The SMILES string of the molecule is C#CCOc1ccc(CC)cc1SCl. The van der Waals surface area contributed by atoms with Gasteiger partial charge in [-0.25, -0.2) is 0 Å². The molecule has 1 aromatic carbocycles. The Kier molecular flexibility index (Phi) is 4.72. The van der Waals surface area contributed by atoms with Gasteiger partial charge in [0.1, 0.15) is 12.4 Å². The highest BCUT2D eigenvalue weighted by atomic mass is 35.7. The van der Waals surface area contributed by atoms with Crippen LogP contribution in [0.5, 0.6) is 5.75 Å². The van der Waals surface area contributed by atoms with Crippen LogP contribution in [0.4, 0.5) is 0 Å². The van der Waals surface area contributed by atoms with Crippen molar-refractivity contribution in [3.8, 4) is 18.1 Å². The molecule has 0 aliphatic carbocycles. The number of benzene rings is 1. The van der Waals surface area contributed by atoms with Crippen molar-refractivity contribution in [1.82, 2.24) is 0 Å². The van der Waals surface area contributed by atoms with Crippen LogP contribution in [0.25, 0.3) is 0 Å².